The van der Waals surface area contributed by atoms with Crippen LogP contribution in [0.1, 0.15) is 34.6 Å². The molecule has 1 atom stereocenters. The van der Waals surface area contributed by atoms with Crippen LogP contribution in [0.4, 0.5) is 0 Å². The van der Waals surface area contributed by atoms with Crippen molar-refractivity contribution in [3.63, 3.8) is 0 Å². The second-order valence-corrected chi connectivity index (χ2v) is 5.74. The Morgan fingerprint density at radius 3 is 2.05 bits per heavy atom. The van der Waals surface area contributed by atoms with Crippen molar-refractivity contribution < 1.29 is 19.1 Å². The van der Waals surface area contributed by atoms with Crippen molar-refractivity contribution in [1.82, 2.24) is 10.6 Å². The summed E-state index contributed by atoms with van der Waals surface area (Å²) in [6.07, 6.45) is 0. The predicted octanol–water partition coefficient (Wildman–Crippen LogP) is 0.463. The van der Waals surface area contributed by atoms with Gasteiger partial charge in [-0.15, -0.1) is 0 Å². The zero-order valence-electron chi connectivity index (χ0n) is 12.5. The van der Waals surface area contributed by atoms with Crippen LogP contribution in [0, 0.1) is 11.3 Å². The standard InChI is InChI=1S/C13H24N2O4/c1-8(2)10(15-12(18)13(3,4)5)11(17)14-7-9(16)19-6/h8,10H,7H2,1-6H3,(H,14,17)(H,15,18)/t10-/m1/s1. The third-order valence-electron chi connectivity index (χ3n) is 2.55. The van der Waals surface area contributed by atoms with Crippen LogP contribution in [0.5, 0.6) is 0 Å². The average Bonchev–Trinajstić information content (AvgIpc) is 2.30. The number of nitrogens with one attached hydrogen (secondary N) is 2. The van der Waals surface area contributed by atoms with E-state index in [1.165, 1.54) is 7.11 Å². The van der Waals surface area contributed by atoms with Crippen molar-refractivity contribution in [2.45, 2.75) is 40.7 Å². The number of methoxy groups -OCH3 is 1. The molecule has 0 aromatic heterocycles. The first-order chi connectivity index (χ1) is 8.59. The molecule has 110 valence electrons. The predicted molar refractivity (Wildman–Crippen MR) is 71.2 cm³/mol. The molecule has 0 aliphatic rings. The Morgan fingerprint density at radius 1 is 1.16 bits per heavy atom. The highest BCUT2D eigenvalue weighted by Gasteiger charge is 2.29. The molecule has 0 saturated heterocycles. The third-order valence-corrected chi connectivity index (χ3v) is 2.55. The molecule has 6 nitrogen and oxygen atoms in total. The van der Waals surface area contributed by atoms with Gasteiger partial charge in [0.05, 0.1) is 7.11 Å². The van der Waals surface area contributed by atoms with Gasteiger partial charge in [-0.05, 0) is 5.92 Å². The smallest absolute Gasteiger partial charge is 0.325 e. The van der Waals surface area contributed by atoms with E-state index in [2.05, 4.69) is 15.4 Å². The molecule has 0 aromatic carbocycles. The van der Waals surface area contributed by atoms with E-state index in [0.29, 0.717) is 0 Å². The fourth-order valence-electron chi connectivity index (χ4n) is 1.23. The Kier molecular flexibility index (Phi) is 6.52. The normalized spacial score (nSPS) is 12.8. The van der Waals surface area contributed by atoms with Gasteiger partial charge in [-0.2, -0.15) is 0 Å². The van der Waals surface area contributed by atoms with Crippen molar-refractivity contribution in [2.75, 3.05) is 13.7 Å². The van der Waals surface area contributed by atoms with Gasteiger partial charge in [0.25, 0.3) is 0 Å². The number of carbonyl (C=O) groups excluding carboxylic acids is 3. The van der Waals surface area contributed by atoms with Gasteiger partial charge in [0.2, 0.25) is 11.8 Å². The van der Waals surface area contributed by atoms with Crippen molar-refractivity contribution in [3.8, 4) is 0 Å². The Hall–Kier alpha value is -1.59. The third kappa shape index (κ3) is 6.22. The Labute approximate surface area is 114 Å². The van der Waals surface area contributed by atoms with Gasteiger partial charge in [-0.25, -0.2) is 0 Å². The summed E-state index contributed by atoms with van der Waals surface area (Å²) < 4.78 is 4.44. The molecule has 0 aliphatic carbocycles. The summed E-state index contributed by atoms with van der Waals surface area (Å²) in [5, 5.41) is 5.14. The molecule has 2 N–H and O–H groups in total. The second-order valence-electron chi connectivity index (χ2n) is 5.74. The van der Waals surface area contributed by atoms with Crippen LogP contribution in [-0.2, 0) is 19.1 Å². The van der Waals surface area contributed by atoms with Gasteiger partial charge in [0.15, 0.2) is 0 Å². The minimum Gasteiger partial charge on any atom is -0.468 e. The number of hydrogen-bond donors (Lipinski definition) is 2. The van der Waals surface area contributed by atoms with Crippen LogP contribution in [0.2, 0.25) is 0 Å². The Morgan fingerprint density at radius 2 is 1.68 bits per heavy atom. The summed E-state index contributed by atoms with van der Waals surface area (Å²) in [7, 11) is 1.25. The SMILES string of the molecule is COC(=O)CNC(=O)[C@H](NC(=O)C(C)(C)C)C(C)C. The average molecular weight is 272 g/mol. The topological polar surface area (TPSA) is 84.5 Å². The first kappa shape index (κ1) is 17.4. The van der Waals surface area contributed by atoms with Crippen LogP contribution in [-0.4, -0.2) is 37.5 Å². The first-order valence-electron chi connectivity index (χ1n) is 6.25. The lowest BCUT2D eigenvalue weighted by Crippen LogP contribution is -2.53. The van der Waals surface area contributed by atoms with Crippen molar-refractivity contribution in [1.29, 1.82) is 0 Å². The molecule has 0 heterocycles. The molecule has 6 heteroatoms. The molecule has 0 radical (unpaired) electrons. The Bertz CT molecular complexity index is 345. The minimum absolute atomic E-state index is 0.0797. The maximum Gasteiger partial charge on any atom is 0.325 e. The molecule has 0 aliphatic heterocycles. The molecule has 19 heavy (non-hydrogen) atoms. The van der Waals surface area contributed by atoms with Crippen molar-refractivity contribution in [3.05, 3.63) is 0 Å². The molecule has 0 aromatic rings. The van der Waals surface area contributed by atoms with Gasteiger partial charge < -0.3 is 15.4 Å². The molecule has 0 fully saturated rings. The van der Waals surface area contributed by atoms with E-state index >= 15 is 0 Å². The van der Waals surface area contributed by atoms with Crippen LogP contribution >= 0.6 is 0 Å². The largest absolute Gasteiger partial charge is 0.468 e. The highest BCUT2D eigenvalue weighted by molar-refractivity contribution is 5.91. The summed E-state index contributed by atoms with van der Waals surface area (Å²) in [6, 6.07) is -0.670. The van der Waals surface area contributed by atoms with Crippen molar-refractivity contribution in [2.24, 2.45) is 11.3 Å². The highest BCUT2D eigenvalue weighted by atomic mass is 16.5. The lowest BCUT2D eigenvalue weighted by atomic mass is 9.93. The van der Waals surface area contributed by atoms with Crippen LogP contribution < -0.4 is 10.6 Å². The summed E-state index contributed by atoms with van der Waals surface area (Å²) in [4.78, 5) is 34.8. The van der Waals surface area contributed by atoms with Gasteiger partial charge in [0.1, 0.15) is 12.6 Å². The number of carbonyl (C=O) groups is 3. The fraction of sp³-hybridized carbons (Fsp3) is 0.769. The van der Waals surface area contributed by atoms with Crippen LogP contribution in [0.3, 0.4) is 0 Å². The number of hydrogen-bond acceptors (Lipinski definition) is 4. The fourth-order valence-corrected chi connectivity index (χ4v) is 1.23. The molecule has 0 saturated carbocycles. The maximum atomic E-state index is 11.9. The van der Waals surface area contributed by atoms with E-state index in [4.69, 9.17) is 0 Å². The summed E-state index contributed by atoms with van der Waals surface area (Å²) in [5.74, 6) is -1.21. The van der Waals surface area contributed by atoms with E-state index in [0.717, 1.165) is 0 Å². The van der Waals surface area contributed by atoms with Gasteiger partial charge >= 0.3 is 5.97 Å². The summed E-state index contributed by atoms with van der Waals surface area (Å²) in [5.41, 5.74) is -0.574. The van der Waals surface area contributed by atoms with Crippen LogP contribution in [0.25, 0.3) is 0 Å². The lowest BCUT2D eigenvalue weighted by Gasteiger charge is -2.26. The molecule has 0 unspecified atom stereocenters. The van der Waals surface area contributed by atoms with E-state index in [9.17, 15) is 14.4 Å². The monoisotopic (exact) mass is 272 g/mol. The molecular formula is C13H24N2O4. The zero-order valence-corrected chi connectivity index (χ0v) is 12.5. The van der Waals surface area contributed by atoms with Crippen molar-refractivity contribution >= 4 is 17.8 Å². The van der Waals surface area contributed by atoms with Gasteiger partial charge in [-0.3, -0.25) is 14.4 Å². The van der Waals surface area contributed by atoms with Gasteiger partial charge in [-0.1, -0.05) is 34.6 Å². The lowest BCUT2D eigenvalue weighted by molar-refractivity contribution is -0.141. The number of rotatable bonds is 5. The van der Waals surface area contributed by atoms with E-state index in [1.807, 2.05) is 13.8 Å². The number of esters is 1. The molecule has 0 bridgehead atoms. The molecule has 2 amide bonds. The van der Waals surface area contributed by atoms with Crippen LogP contribution in [0.15, 0.2) is 0 Å². The molecule has 0 rings (SSSR count). The number of ether oxygens (including phenoxy) is 1. The van der Waals surface area contributed by atoms with E-state index in [1.54, 1.807) is 20.8 Å². The van der Waals surface area contributed by atoms with E-state index < -0.39 is 23.3 Å². The summed E-state index contributed by atoms with van der Waals surface area (Å²) in [6.45, 7) is 8.75. The van der Waals surface area contributed by atoms with E-state index in [-0.39, 0.29) is 18.4 Å². The first-order valence-corrected chi connectivity index (χ1v) is 6.25. The minimum atomic E-state index is -0.670. The second kappa shape index (κ2) is 7.11. The zero-order chi connectivity index (χ0) is 15.2. The summed E-state index contributed by atoms with van der Waals surface area (Å²) >= 11 is 0. The Balaban J connectivity index is 4.61. The molecular weight excluding hydrogens is 248 g/mol. The highest BCUT2D eigenvalue weighted by Crippen LogP contribution is 2.14. The maximum absolute atomic E-state index is 11.9. The number of amides is 2. The van der Waals surface area contributed by atoms with Gasteiger partial charge in [0, 0.05) is 5.41 Å². The quantitative estimate of drug-likeness (QED) is 0.712. The molecule has 0 spiro atoms.